The van der Waals surface area contributed by atoms with Gasteiger partial charge in [-0.2, -0.15) is 5.10 Å². The molecule has 6 nitrogen and oxygen atoms in total. The van der Waals surface area contributed by atoms with Crippen LogP contribution >= 0.6 is 0 Å². The highest BCUT2D eigenvalue weighted by atomic mass is 19.3. The third-order valence-electron chi connectivity index (χ3n) is 4.56. The van der Waals surface area contributed by atoms with Gasteiger partial charge in [-0.15, -0.1) is 0 Å². The number of likely N-dealkylation sites (tertiary alicyclic amines) is 1. The number of carbonyl (C=O) groups is 1. The summed E-state index contributed by atoms with van der Waals surface area (Å²) in [6.07, 6.45) is 0.575. The van der Waals surface area contributed by atoms with Gasteiger partial charge < -0.3 is 5.32 Å². The van der Waals surface area contributed by atoms with E-state index in [-0.39, 0.29) is 18.5 Å². The third kappa shape index (κ3) is 4.43. The molecule has 0 unspecified atom stereocenters. The summed E-state index contributed by atoms with van der Waals surface area (Å²) in [5.74, 6) is 0.470. The third-order valence-corrected chi connectivity index (χ3v) is 4.56. The van der Waals surface area contributed by atoms with Crippen LogP contribution in [-0.2, 0) is 0 Å². The van der Waals surface area contributed by atoms with Gasteiger partial charge in [0.1, 0.15) is 0 Å². The van der Waals surface area contributed by atoms with E-state index in [1.165, 1.54) is 6.20 Å². The highest BCUT2D eigenvalue weighted by Crippen LogP contribution is 2.14. The zero-order valence-corrected chi connectivity index (χ0v) is 15.0. The second-order valence-corrected chi connectivity index (χ2v) is 6.68. The summed E-state index contributed by atoms with van der Waals surface area (Å²) in [7, 11) is 0. The molecule has 0 spiro atoms. The largest absolute Gasteiger partial charge is 0.349 e. The molecule has 0 atom stereocenters. The van der Waals surface area contributed by atoms with Crippen LogP contribution in [0.4, 0.5) is 8.78 Å². The Labute approximate surface area is 151 Å². The first-order chi connectivity index (χ1) is 12.4. The predicted molar refractivity (Wildman–Crippen MR) is 93.8 cm³/mol. The fraction of sp³-hybridized carbons (Fsp3) is 0.500. The van der Waals surface area contributed by atoms with Gasteiger partial charge in [-0.3, -0.25) is 9.69 Å². The number of piperidine rings is 1. The van der Waals surface area contributed by atoms with Crippen molar-refractivity contribution in [3.63, 3.8) is 0 Å². The maximum Gasteiger partial charge on any atom is 0.253 e. The van der Waals surface area contributed by atoms with Crippen molar-refractivity contribution in [1.82, 2.24) is 25.0 Å². The van der Waals surface area contributed by atoms with E-state index in [9.17, 15) is 13.6 Å². The van der Waals surface area contributed by atoms with E-state index in [0.717, 1.165) is 11.4 Å². The van der Waals surface area contributed by atoms with Gasteiger partial charge in [-0.05, 0) is 44.9 Å². The second kappa shape index (κ2) is 7.90. The minimum atomic E-state index is -2.31. The molecule has 2 aromatic rings. The van der Waals surface area contributed by atoms with Crippen LogP contribution in [0.3, 0.4) is 0 Å². The quantitative estimate of drug-likeness (QED) is 0.886. The molecule has 1 aliphatic rings. The van der Waals surface area contributed by atoms with Gasteiger partial charge in [-0.25, -0.2) is 18.4 Å². The number of aryl methyl sites for hydroxylation is 2. The zero-order valence-electron chi connectivity index (χ0n) is 15.0. The Morgan fingerprint density at radius 2 is 2.04 bits per heavy atom. The van der Waals surface area contributed by atoms with Crippen molar-refractivity contribution in [2.45, 2.75) is 39.2 Å². The van der Waals surface area contributed by atoms with Crippen LogP contribution in [-0.4, -0.2) is 57.7 Å². The van der Waals surface area contributed by atoms with Crippen molar-refractivity contribution in [1.29, 1.82) is 0 Å². The number of carbonyl (C=O) groups excluding carboxylic acids is 1. The van der Waals surface area contributed by atoms with Gasteiger partial charge in [0.25, 0.3) is 12.3 Å². The molecular formula is C18H23F2N5O. The maximum atomic E-state index is 12.4. The van der Waals surface area contributed by atoms with Crippen LogP contribution in [0.25, 0.3) is 5.82 Å². The standard InChI is InChI=1S/C18H23F2N5O/c1-12-9-13(2)25(23-12)17-4-3-14(10-21-17)18(26)22-15-5-7-24(8-6-15)11-16(19)20/h3-4,9-10,15-16H,5-8,11H2,1-2H3,(H,22,26). The van der Waals surface area contributed by atoms with Gasteiger partial charge in [0, 0.05) is 31.0 Å². The van der Waals surface area contributed by atoms with Crippen molar-refractivity contribution in [3.8, 4) is 5.82 Å². The molecule has 0 radical (unpaired) electrons. The average Bonchev–Trinajstić information content (AvgIpc) is 2.94. The Kier molecular flexibility index (Phi) is 5.61. The lowest BCUT2D eigenvalue weighted by atomic mass is 10.0. The molecule has 8 heteroatoms. The number of nitrogens with zero attached hydrogens (tertiary/aromatic N) is 4. The summed E-state index contributed by atoms with van der Waals surface area (Å²) in [5, 5.41) is 7.34. The molecular weight excluding hydrogens is 340 g/mol. The van der Waals surface area contributed by atoms with Gasteiger partial charge in [-0.1, -0.05) is 0 Å². The van der Waals surface area contributed by atoms with Crippen LogP contribution in [0.2, 0.25) is 0 Å². The molecule has 3 rings (SSSR count). The van der Waals surface area contributed by atoms with Crippen LogP contribution in [0.1, 0.15) is 34.6 Å². The maximum absolute atomic E-state index is 12.4. The van der Waals surface area contributed by atoms with Crippen molar-refractivity contribution in [2.75, 3.05) is 19.6 Å². The number of halogens is 2. The molecule has 140 valence electrons. The summed E-state index contributed by atoms with van der Waals surface area (Å²) in [6.45, 7) is 4.81. The van der Waals surface area contributed by atoms with E-state index in [1.807, 2.05) is 19.9 Å². The number of pyridine rings is 1. The number of nitrogens with one attached hydrogen (secondary N) is 1. The molecule has 1 N–H and O–H groups in total. The van der Waals surface area contributed by atoms with Crippen LogP contribution < -0.4 is 5.32 Å². The highest BCUT2D eigenvalue weighted by Gasteiger charge is 2.23. The van der Waals surface area contributed by atoms with Crippen molar-refractivity contribution < 1.29 is 13.6 Å². The first kappa shape index (κ1) is 18.4. The first-order valence-corrected chi connectivity index (χ1v) is 8.73. The Balaban J connectivity index is 1.56. The van der Waals surface area contributed by atoms with Gasteiger partial charge in [0.05, 0.1) is 17.8 Å². The summed E-state index contributed by atoms with van der Waals surface area (Å²) in [6, 6.07) is 5.45. The summed E-state index contributed by atoms with van der Waals surface area (Å²) < 4.78 is 26.5. The molecule has 2 aromatic heterocycles. The van der Waals surface area contributed by atoms with Gasteiger partial charge in [0.15, 0.2) is 5.82 Å². The molecule has 0 aliphatic carbocycles. The first-order valence-electron chi connectivity index (χ1n) is 8.73. The number of amides is 1. The molecule has 26 heavy (non-hydrogen) atoms. The fourth-order valence-electron chi connectivity index (χ4n) is 3.23. The lowest BCUT2D eigenvalue weighted by Gasteiger charge is -2.32. The summed E-state index contributed by atoms with van der Waals surface area (Å²) in [5.41, 5.74) is 2.36. The smallest absolute Gasteiger partial charge is 0.253 e. The minimum Gasteiger partial charge on any atom is -0.349 e. The van der Waals surface area contributed by atoms with E-state index in [4.69, 9.17) is 0 Å². The molecule has 1 saturated heterocycles. The summed E-state index contributed by atoms with van der Waals surface area (Å²) in [4.78, 5) is 18.4. The van der Waals surface area contributed by atoms with E-state index < -0.39 is 6.43 Å². The van der Waals surface area contributed by atoms with E-state index >= 15 is 0 Å². The Morgan fingerprint density at radius 1 is 1.31 bits per heavy atom. The van der Waals surface area contributed by atoms with Crippen LogP contribution in [0.15, 0.2) is 24.4 Å². The average molecular weight is 363 g/mol. The second-order valence-electron chi connectivity index (χ2n) is 6.68. The fourth-order valence-corrected chi connectivity index (χ4v) is 3.23. The number of aromatic nitrogens is 3. The van der Waals surface area contributed by atoms with Crippen molar-refractivity contribution >= 4 is 5.91 Å². The van der Waals surface area contributed by atoms with Crippen molar-refractivity contribution in [3.05, 3.63) is 41.3 Å². The minimum absolute atomic E-state index is 0.00658. The van der Waals surface area contributed by atoms with Crippen LogP contribution in [0, 0.1) is 13.8 Å². The molecule has 0 aromatic carbocycles. The monoisotopic (exact) mass is 363 g/mol. The molecule has 1 fully saturated rings. The van der Waals surface area contributed by atoms with E-state index in [2.05, 4.69) is 15.4 Å². The number of rotatable bonds is 5. The Hall–Kier alpha value is -2.35. The van der Waals surface area contributed by atoms with Gasteiger partial charge >= 0.3 is 0 Å². The summed E-state index contributed by atoms with van der Waals surface area (Å²) >= 11 is 0. The number of hydrogen-bond donors (Lipinski definition) is 1. The van der Waals surface area contributed by atoms with E-state index in [0.29, 0.717) is 37.3 Å². The lowest BCUT2D eigenvalue weighted by molar-refractivity contribution is 0.0696. The Morgan fingerprint density at radius 3 is 2.58 bits per heavy atom. The lowest BCUT2D eigenvalue weighted by Crippen LogP contribution is -2.45. The molecule has 0 bridgehead atoms. The van der Waals surface area contributed by atoms with Crippen LogP contribution in [0.5, 0.6) is 0 Å². The predicted octanol–water partition coefficient (Wildman–Crippen LogP) is 2.34. The molecule has 1 amide bonds. The number of hydrogen-bond acceptors (Lipinski definition) is 4. The van der Waals surface area contributed by atoms with E-state index in [1.54, 1.807) is 21.7 Å². The topological polar surface area (TPSA) is 63.1 Å². The zero-order chi connectivity index (χ0) is 18.7. The van der Waals surface area contributed by atoms with Crippen molar-refractivity contribution in [2.24, 2.45) is 0 Å². The normalized spacial score (nSPS) is 16.2. The molecule has 3 heterocycles. The molecule has 1 aliphatic heterocycles. The molecule has 0 saturated carbocycles. The number of alkyl halides is 2. The SMILES string of the molecule is Cc1cc(C)n(-c2ccc(C(=O)NC3CCN(CC(F)F)CC3)cn2)n1. The highest BCUT2D eigenvalue weighted by molar-refractivity contribution is 5.94. The van der Waals surface area contributed by atoms with Gasteiger partial charge in [0.2, 0.25) is 0 Å². The Bertz CT molecular complexity index is 751.